The Balaban J connectivity index is 1.76. The van der Waals surface area contributed by atoms with Crippen molar-refractivity contribution >= 4 is 27.5 Å². The molecule has 0 aliphatic heterocycles. The quantitative estimate of drug-likeness (QED) is 0.331. The minimum absolute atomic E-state index is 0.0820. The largest absolute Gasteiger partial charge is 0.321 e. The molecule has 0 bridgehead atoms. The number of nitriles is 2. The Morgan fingerprint density at radius 3 is 1.92 bits per heavy atom. The molecule has 0 fully saturated rings. The molecule has 0 radical (unpaired) electrons. The molecule has 0 N–H and O–H groups in total. The van der Waals surface area contributed by atoms with Crippen molar-refractivity contribution in [2.45, 2.75) is 13.0 Å². The van der Waals surface area contributed by atoms with Crippen molar-refractivity contribution in [3.05, 3.63) is 135 Å². The normalized spacial score (nSPS) is 11.1. The maximum absolute atomic E-state index is 13.9. The van der Waals surface area contributed by atoms with E-state index in [0.29, 0.717) is 29.5 Å². The molecule has 6 aromatic rings. The lowest BCUT2D eigenvalue weighted by molar-refractivity contribution is 0.845. The molecule has 6 rings (SSSR count). The number of hydrogen-bond donors (Lipinski definition) is 0. The van der Waals surface area contributed by atoms with Gasteiger partial charge in [0.25, 0.3) is 5.56 Å². The molecule has 0 saturated heterocycles. The second-order valence-corrected chi connectivity index (χ2v) is 8.78. The molecule has 4 aromatic carbocycles. The number of pyridine rings is 1. The van der Waals surface area contributed by atoms with Gasteiger partial charge in [0.15, 0.2) is 0 Å². The van der Waals surface area contributed by atoms with Crippen molar-refractivity contribution in [3.8, 4) is 12.1 Å². The zero-order valence-corrected chi connectivity index (χ0v) is 19.3. The molecular formula is C31H20N4O. The van der Waals surface area contributed by atoms with E-state index in [4.69, 9.17) is 0 Å². The third-order valence-corrected chi connectivity index (χ3v) is 6.81. The van der Waals surface area contributed by atoms with Crippen LogP contribution < -0.4 is 5.56 Å². The summed E-state index contributed by atoms with van der Waals surface area (Å²) in [7, 11) is 0. The second kappa shape index (κ2) is 8.58. The van der Waals surface area contributed by atoms with E-state index in [1.807, 2.05) is 97.1 Å². The van der Waals surface area contributed by atoms with Gasteiger partial charge in [0.2, 0.25) is 0 Å². The summed E-state index contributed by atoms with van der Waals surface area (Å²) in [6.07, 6.45) is 0.490. The first-order valence-electron chi connectivity index (χ1n) is 11.7. The molecule has 5 nitrogen and oxygen atoms in total. The van der Waals surface area contributed by atoms with E-state index < -0.39 is 0 Å². The molecule has 0 unspecified atom stereocenters. The standard InChI is InChI=1S/C31H20N4O/c32-18-22-10-2-1-9-21(22)17-27-25-13-5-6-14-26(25)31(36)35-29-16-8-7-15-28(29)34(30(27)35)20-24-12-4-3-11-23(24)19-33/h1-16H,17,20H2. The van der Waals surface area contributed by atoms with Gasteiger partial charge >= 0.3 is 0 Å². The van der Waals surface area contributed by atoms with Gasteiger partial charge < -0.3 is 4.57 Å². The first kappa shape index (κ1) is 21.4. The summed E-state index contributed by atoms with van der Waals surface area (Å²) in [6, 6.07) is 35.3. The number of rotatable bonds is 4. The highest BCUT2D eigenvalue weighted by molar-refractivity contribution is 5.94. The Labute approximate surface area is 207 Å². The zero-order valence-electron chi connectivity index (χ0n) is 19.3. The molecule has 0 spiro atoms. The predicted octanol–water partition coefficient (Wildman–Crippen LogP) is 5.79. The van der Waals surface area contributed by atoms with Crippen LogP contribution in [0.15, 0.2) is 102 Å². The fourth-order valence-electron chi connectivity index (χ4n) is 5.15. The molecule has 0 saturated carbocycles. The summed E-state index contributed by atoms with van der Waals surface area (Å²) in [5, 5.41) is 21.0. The van der Waals surface area contributed by atoms with Gasteiger partial charge in [-0.2, -0.15) is 10.5 Å². The topological polar surface area (TPSA) is 74.0 Å². The minimum atomic E-state index is -0.0820. The van der Waals surface area contributed by atoms with Crippen LogP contribution in [0.5, 0.6) is 0 Å². The van der Waals surface area contributed by atoms with Crippen LogP contribution in [0.1, 0.15) is 27.8 Å². The second-order valence-electron chi connectivity index (χ2n) is 8.78. The summed E-state index contributed by atoms with van der Waals surface area (Å²) in [4.78, 5) is 13.9. The van der Waals surface area contributed by atoms with Crippen molar-refractivity contribution in [2.24, 2.45) is 0 Å². The number of fused-ring (bicyclic) bond motifs is 4. The van der Waals surface area contributed by atoms with Crippen LogP contribution in [0.25, 0.3) is 27.5 Å². The van der Waals surface area contributed by atoms with E-state index >= 15 is 0 Å². The van der Waals surface area contributed by atoms with E-state index in [9.17, 15) is 15.3 Å². The summed E-state index contributed by atoms with van der Waals surface area (Å²) < 4.78 is 3.92. The fraction of sp³-hybridized carbons (Fsp3) is 0.0645. The lowest BCUT2D eigenvalue weighted by Crippen LogP contribution is -2.17. The van der Waals surface area contributed by atoms with Crippen LogP contribution >= 0.6 is 0 Å². The van der Waals surface area contributed by atoms with Crippen molar-refractivity contribution in [1.29, 1.82) is 10.5 Å². The van der Waals surface area contributed by atoms with E-state index in [1.165, 1.54) is 0 Å². The lowest BCUT2D eigenvalue weighted by Gasteiger charge is -2.15. The first-order valence-corrected chi connectivity index (χ1v) is 11.7. The van der Waals surface area contributed by atoms with Gasteiger partial charge in [-0.25, -0.2) is 0 Å². The fourth-order valence-corrected chi connectivity index (χ4v) is 5.15. The summed E-state index contributed by atoms with van der Waals surface area (Å²) >= 11 is 0. The smallest absolute Gasteiger partial charge is 0.264 e. The van der Waals surface area contributed by atoms with Gasteiger partial charge in [0.1, 0.15) is 5.65 Å². The molecule has 0 aliphatic rings. The highest BCUT2D eigenvalue weighted by atomic mass is 16.1. The predicted molar refractivity (Wildman–Crippen MR) is 141 cm³/mol. The highest BCUT2D eigenvalue weighted by Gasteiger charge is 2.21. The highest BCUT2D eigenvalue weighted by Crippen LogP contribution is 2.30. The molecule has 2 heterocycles. The van der Waals surface area contributed by atoms with Gasteiger partial charge in [-0.3, -0.25) is 9.20 Å². The van der Waals surface area contributed by atoms with Gasteiger partial charge in [0, 0.05) is 17.4 Å². The van der Waals surface area contributed by atoms with E-state index in [-0.39, 0.29) is 5.56 Å². The Kier molecular flexibility index (Phi) is 5.10. The van der Waals surface area contributed by atoms with Gasteiger partial charge in [-0.05, 0) is 46.8 Å². The first-order chi connectivity index (χ1) is 17.7. The Bertz CT molecular complexity index is 1950. The molecule has 0 aliphatic carbocycles. The van der Waals surface area contributed by atoms with Crippen molar-refractivity contribution in [1.82, 2.24) is 8.97 Å². The molecule has 170 valence electrons. The zero-order chi connectivity index (χ0) is 24.6. The Morgan fingerprint density at radius 2 is 1.19 bits per heavy atom. The van der Waals surface area contributed by atoms with Crippen LogP contribution in [0.2, 0.25) is 0 Å². The third-order valence-electron chi connectivity index (χ3n) is 6.81. The van der Waals surface area contributed by atoms with Crippen LogP contribution in [-0.4, -0.2) is 8.97 Å². The Hall–Kier alpha value is -5.13. The molecule has 2 aromatic heterocycles. The van der Waals surface area contributed by atoms with E-state index in [0.717, 1.165) is 38.8 Å². The molecule has 0 atom stereocenters. The van der Waals surface area contributed by atoms with Crippen LogP contribution in [-0.2, 0) is 13.0 Å². The number of nitrogens with zero attached hydrogens (tertiary/aromatic N) is 4. The SMILES string of the molecule is N#Cc1ccccc1Cc1c2ccccc2c(=O)n2c3ccccc3n(Cc3ccccc3C#N)c12. The average molecular weight is 465 g/mol. The number of imidazole rings is 1. The molecule has 0 amide bonds. The molecule has 5 heteroatoms. The van der Waals surface area contributed by atoms with E-state index in [1.54, 1.807) is 4.40 Å². The van der Waals surface area contributed by atoms with Crippen LogP contribution in [0.3, 0.4) is 0 Å². The van der Waals surface area contributed by atoms with Crippen molar-refractivity contribution in [3.63, 3.8) is 0 Å². The molecule has 36 heavy (non-hydrogen) atoms. The number of hydrogen-bond acceptors (Lipinski definition) is 3. The minimum Gasteiger partial charge on any atom is -0.321 e. The van der Waals surface area contributed by atoms with Crippen LogP contribution in [0, 0.1) is 22.7 Å². The maximum Gasteiger partial charge on any atom is 0.264 e. The van der Waals surface area contributed by atoms with Gasteiger partial charge in [-0.1, -0.05) is 66.7 Å². The molecular weight excluding hydrogens is 444 g/mol. The van der Waals surface area contributed by atoms with Crippen molar-refractivity contribution < 1.29 is 0 Å². The summed E-state index contributed by atoms with van der Waals surface area (Å²) in [5.41, 5.74) is 6.39. The van der Waals surface area contributed by atoms with Crippen LogP contribution in [0.4, 0.5) is 0 Å². The number of benzene rings is 4. The number of para-hydroxylation sites is 2. The van der Waals surface area contributed by atoms with Gasteiger partial charge in [-0.15, -0.1) is 0 Å². The van der Waals surface area contributed by atoms with Crippen molar-refractivity contribution in [2.75, 3.05) is 0 Å². The average Bonchev–Trinajstić information content (AvgIpc) is 3.26. The lowest BCUT2D eigenvalue weighted by atomic mass is 9.97. The summed E-state index contributed by atoms with van der Waals surface area (Å²) in [5.74, 6) is 0. The monoisotopic (exact) mass is 464 g/mol. The van der Waals surface area contributed by atoms with Gasteiger partial charge in [0.05, 0.1) is 40.8 Å². The third kappa shape index (κ3) is 3.27. The Morgan fingerprint density at radius 1 is 0.639 bits per heavy atom. The number of aromatic nitrogens is 2. The summed E-state index contributed by atoms with van der Waals surface area (Å²) in [6.45, 7) is 0.436. The maximum atomic E-state index is 13.9. The van der Waals surface area contributed by atoms with E-state index in [2.05, 4.69) is 16.7 Å².